The summed E-state index contributed by atoms with van der Waals surface area (Å²) in [5, 5.41) is 0. The summed E-state index contributed by atoms with van der Waals surface area (Å²) in [6.45, 7) is 8.93. The number of ether oxygens (including phenoxy) is 1. The zero-order valence-electron chi connectivity index (χ0n) is 24.4. The standard InChI is InChI=1S/C26H54.C6H12O2/c1-3-5-7-9-11-13-15-17-19-21-23-25-26-24-22-20-18-16-14-12-10-8-6-4-2;1-3-5-8-6(7)4-2/h3-26H2,1-2H3;3-5H2,1-2H3. The maximum Gasteiger partial charge on any atom is 0.305 e. The zero-order chi connectivity index (χ0) is 25.4. The van der Waals surface area contributed by atoms with Gasteiger partial charge in [-0.15, -0.1) is 0 Å². The molecule has 2 heteroatoms. The Hall–Kier alpha value is -0.530. The Morgan fingerprint density at radius 2 is 0.618 bits per heavy atom. The minimum atomic E-state index is -0.105. The van der Waals surface area contributed by atoms with E-state index in [0.717, 1.165) is 6.42 Å². The van der Waals surface area contributed by atoms with Crippen LogP contribution in [0.3, 0.4) is 0 Å². The molecule has 0 saturated carbocycles. The molecule has 0 aliphatic heterocycles. The normalized spacial score (nSPS) is 10.7. The molecule has 0 unspecified atom stereocenters. The average Bonchev–Trinajstić information content (AvgIpc) is 2.86. The van der Waals surface area contributed by atoms with Gasteiger partial charge in [0.1, 0.15) is 0 Å². The highest BCUT2D eigenvalue weighted by Gasteiger charge is 1.96. The van der Waals surface area contributed by atoms with Gasteiger partial charge in [-0.2, -0.15) is 0 Å². The first-order valence-electron chi connectivity index (χ1n) is 15.9. The Kier molecular flexibility index (Phi) is 36.3. The molecule has 0 aliphatic carbocycles. The van der Waals surface area contributed by atoms with Crippen LogP contribution in [0.5, 0.6) is 0 Å². The molecule has 0 aliphatic rings. The first-order chi connectivity index (χ1) is 16.7. The van der Waals surface area contributed by atoms with Crippen LogP contribution < -0.4 is 0 Å². The molecule has 0 bridgehead atoms. The van der Waals surface area contributed by atoms with Gasteiger partial charge >= 0.3 is 5.97 Å². The van der Waals surface area contributed by atoms with Crippen LogP contribution in [0.2, 0.25) is 0 Å². The quantitative estimate of drug-likeness (QED) is 0.0904. The third-order valence-corrected chi connectivity index (χ3v) is 6.71. The maximum atomic E-state index is 10.3. The number of carbonyl (C=O) groups is 1. The van der Waals surface area contributed by atoms with Gasteiger partial charge in [-0.25, -0.2) is 0 Å². The van der Waals surface area contributed by atoms with Crippen LogP contribution in [0.1, 0.15) is 195 Å². The van der Waals surface area contributed by atoms with Gasteiger partial charge in [-0.3, -0.25) is 4.79 Å². The van der Waals surface area contributed by atoms with Crippen molar-refractivity contribution in [2.75, 3.05) is 6.61 Å². The fourth-order valence-electron chi connectivity index (χ4n) is 4.35. The maximum absolute atomic E-state index is 10.3. The van der Waals surface area contributed by atoms with Gasteiger partial charge in [0.05, 0.1) is 6.61 Å². The summed E-state index contributed by atoms with van der Waals surface area (Å²) < 4.78 is 4.70. The molecular weight excluding hydrogens is 416 g/mol. The van der Waals surface area contributed by atoms with Crippen molar-refractivity contribution >= 4 is 5.97 Å². The summed E-state index contributed by atoms with van der Waals surface area (Å²) in [5.74, 6) is -0.105. The van der Waals surface area contributed by atoms with E-state index in [-0.39, 0.29) is 5.97 Å². The first kappa shape index (κ1) is 35.6. The highest BCUT2D eigenvalue weighted by molar-refractivity contribution is 5.68. The lowest BCUT2D eigenvalue weighted by Crippen LogP contribution is -2.02. The van der Waals surface area contributed by atoms with E-state index in [1.54, 1.807) is 6.92 Å². The largest absolute Gasteiger partial charge is 0.466 e. The van der Waals surface area contributed by atoms with Crippen LogP contribution in [0.4, 0.5) is 0 Å². The van der Waals surface area contributed by atoms with Crippen molar-refractivity contribution in [1.82, 2.24) is 0 Å². The minimum Gasteiger partial charge on any atom is -0.466 e. The third-order valence-electron chi connectivity index (χ3n) is 6.71. The number of unbranched alkanes of at least 4 members (excludes halogenated alkanes) is 23. The van der Waals surface area contributed by atoms with Crippen LogP contribution in [-0.2, 0) is 9.53 Å². The molecule has 0 aromatic carbocycles. The Labute approximate surface area is 216 Å². The number of esters is 1. The number of carbonyl (C=O) groups excluding carboxylic acids is 1. The lowest BCUT2D eigenvalue weighted by Gasteiger charge is -2.04. The minimum absolute atomic E-state index is 0.105. The molecule has 2 nitrogen and oxygen atoms in total. The first-order valence-corrected chi connectivity index (χ1v) is 15.9. The molecule has 0 amide bonds. The Balaban J connectivity index is 0. The molecule has 0 aromatic heterocycles. The van der Waals surface area contributed by atoms with Gasteiger partial charge in [-0.1, -0.05) is 182 Å². The lowest BCUT2D eigenvalue weighted by molar-refractivity contribution is -0.143. The predicted octanol–water partition coefficient (Wildman–Crippen LogP) is 11.7. The van der Waals surface area contributed by atoms with Crippen molar-refractivity contribution in [3.05, 3.63) is 0 Å². The van der Waals surface area contributed by atoms with Crippen LogP contribution >= 0.6 is 0 Å². The van der Waals surface area contributed by atoms with Crippen LogP contribution in [0, 0.1) is 0 Å². The fraction of sp³-hybridized carbons (Fsp3) is 0.969. The fourth-order valence-corrected chi connectivity index (χ4v) is 4.35. The molecule has 0 radical (unpaired) electrons. The van der Waals surface area contributed by atoms with E-state index in [0.29, 0.717) is 13.0 Å². The summed E-state index contributed by atoms with van der Waals surface area (Å²) in [7, 11) is 0. The van der Waals surface area contributed by atoms with Crippen molar-refractivity contribution in [3.8, 4) is 0 Å². The molecule has 34 heavy (non-hydrogen) atoms. The number of hydrogen-bond donors (Lipinski definition) is 0. The van der Waals surface area contributed by atoms with Crippen molar-refractivity contribution in [3.63, 3.8) is 0 Å². The predicted molar refractivity (Wildman–Crippen MR) is 154 cm³/mol. The molecule has 0 N–H and O–H groups in total. The van der Waals surface area contributed by atoms with E-state index in [1.807, 2.05) is 6.92 Å². The van der Waals surface area contributed by atoms with Gasteiger partial charge in [0.15, 0.2) is 0 Å². The highest BCUT2D eigenvalue weighted by Crippen LogP contribution is 2.15. The second-order valence-electron chi connectivity index (χ2n) is 10.4. The van der Waals surface area contributed by atoms with E-state index in [2.05, 4.69) is 13.8 Å². The molecule has 0 aromatic rings. The van der Waals surface area contributed by atoms with Gasteiger partial charge in [0.25, 0.3) is 0 Å². The lowest BCUT2D eigenvalue weighted by atomic mass is 10.0. The average molecular weight is 483 g/mol. The van der Waals surface area contributed by atoms with Gasteiger partial charge in [0, 0.05) is 6.42 Å². The molecule has 0 spiro atoms. The van der Waals surface area contributed by atoms with Crippen LogP contribution in [0.25, 0.3) is 0 Å². The van der Waals surface area contributed by atoms with Crippen LogP contribution in [-0.4, -0.2) is 12.6 Å². The topological polar surface area (TPSA) is 26.3 Å². The summed E-state index contributed by atoms with van der Waals surface area (Å²) in [5.41, 5.74) is 0. The van der Waals surface area contributed by atoms with E-state index in [4.69, 9.17) is 4.74 Å². The molecular formula is C32H66O2. The second kappa shape index (κ2) is 34.6. The Morgan fingerprint density at radius 1 is 0.382 bits per heavy atom. The summed E-state index contributed by atoms with van der Waals surface area (Å²) >= 11 is 0. The van der Waals surface area contributed by atoms with Crippen molar-refractivity contribution in [2.24, 2.45) is 0 Å². The van der Waals surface area contributed by atoms with Crippen molar-refractivity contribution in [2.45, 2.75) is 195 Å². The number of rotatable bonds is 26. The zero-order valence-corrected chi connectivity index (χ0v) is 24.4. The van der Waals surface area contributed by atoms with Gasteiger partial charge in [0.2, 0.25) is 0 Å². The SMILES string of the molecule is CCCCCCCCCCCCCCCCCCCCCCCCCC.CCCOC(=O)CC. The van der Waals surface area contributed by atoms with E-state index in [1.165, 1.54) is 154 Å². The molecule has 0 atom stereocenters. The van der Waals surface area contributed by atoms with E-state index in [9.17, 15) is 4.79 Å². The second-order valence-corrected chi connectivity index (χ2v) is 10.4. The molecule has 206 valence electrons. The van der Waals surface area contributed by atoms with Crippen molar-refractivity contribution < 1.29 is 9.53 Å². The van der Waals surface area contributed by atoms with Crippen molar-refractivity contribution in [1.29, 1.82) is 0 Å². The van der Waals surface area contributed by atoms with E-state index >= 15 is 0 Å². The summed E-state index contributed by atoms with van der Waals surface area (Å²) in [6.07, 6.45) is 36.8. The molecule has 0 saturated heterocycles. The summed E-state index contributed by atoms with van der Waals surface area (Å²) in [4.78, 5) is 10.3. The van der Waals surface area contributed by atoms with E-state index < -0.39 is 0 Å². The smallest absolute Gasteiger partial charge is 0.305 e. The molecule has 0 rings (SSSR count). The molecule has 0 heterocycles. The highest BCUT2D eigenvalue weighted by atomic mass is 16.5. The number of hydrogen-bond acceptors (Lipinski definition) is 2. The van der Waals surface area contributed by atoms with Gasteiger partial charge < -0.3 is 4.74 Å². The van der Waals surface area contributed by atoms with Crippen LogP contribution in [0.15, 0.2) is 0 Å². The Bertz CT molecular complexity index is 329. The molecule has 0 fully saturated rings. The summed E-state index contributed by atoms with van der Waals surface area (Å²) in [6, 6.07) is 0. The Morgan fingerprint density at radius 3 is 0.794 bits per heavy atom. The van der Waals surface area contributed by atoms with Gasteiger partial charge in [-0.05, 0) is 6.42 Å². The monoisotopic (exact) mass is 483 g/mol. The third kappa shape index (κ3) is 36.0.